The first-order valence-electron chi connectivity index (χ1n) is 14.3. The predicted molar refractivity (Wildman–Crippen MR) is 163 cm³/mol. The Balaban J connectivity index is 1.22. The fourth-order valence-corrected chi connectivity index (χ4v) is 5.98. The van der Waals surface area contributed by atoms with Crippen LogP contribution in [-0.2, 0) is 19.1 Å². The van der Waals surface area contributed by atoms with Crippen molar-refractivity contribution < 1.29 is 29.0 Å². The van der Waals surface area contributed by atoms with E-state index >= 15 is 0 Å². The van der Waals surface area contributed by atoms with Gasteiger partial charge in [-0.2, -0.15) is 0 Å². The number of aliphatic hydroxyl groups excluding tert-OH is 1. The van der Waals surface area contributed by atoms with Gasteiger partial charge >= 0.3 is 0 Å². The normalized spacial score (nSPS) is 18.5. The monoisotopic (exact) mass is 604 g/mol. The minimum absolute atomic E-state index is 0.145. The van der Waals surface area contributed by atoms with Crippen molar-refractivity contribution in [3.63, 3.8) is 0 Å². The quantitative estimate of drug-likeness (QED) is 0.173. The summed E-state index contributed by atoms with van der Waals surface area (Å²) >= 11 is 1.65. The van der Waals surface area contributed by atoms with Gasteiger partial charge in [-0.3, -0.25) is 25.0 Å². The molecule has 11 heteroatoms. The van der Waals surface area contributed by atoms with E-state index in [1.54, 1.807) is 48.2 Å². The van der Waals surface area contributed by atoms with Gasteiger partial charge in [0.25, 0.3) is 11.8 Å². The molecule has 43 heavy (non-hydrogen) atoms. The summed E-state index contributed by atoms with van der Waals surface area (Å²) in [6, 6.07) is 20.0. The van der Waals surface area contributed by atoms with E-state index in [1.165, 1.54) is 0 Å². The zero-order valence-corrected chi connectivity index (χ0v) is 24.9. The van der Waals surface area contributed by atoms with Gasteiger partial charge in [-0.15, -0.1) is 0 Å². The van der Waals surface area contributed by atoms with Gasteiger partial charge in [0.05, 0.1) is 30.1 Å². The number of benzene rings is 3. The Morgan fingerprint density at radius 3 is 2.49 bits per heavy atom. The summed E-state index contributed by atoms with van der Waals surface area (Å²) in [6.07, 6.45) is -0.0281. The molecule has 2 aliphatic rings. The molecule has 3 amide bonds. The number of fused-ring (bicyclic) bond motifs is 2. The van der Waals surface area contributed by atoms with Gasteiger partial charge in [-0.05, 0) is 48.6 Å². The molecule has 2 heterocycles. The number of nitrogens with one attached hydrogen (secondary N) is 4. The molecule has 2 aliphatic heterocycles. The number of rotatable bonds is 11. The number of imide groups is 1. The van der Waals surface area contributed by atoms with Crippen LogP contribution in [0.5, 0.6) is 5.75 Å². The molecule has 0 radical (unpaired) electrons. The van der Waals surface area contributed by atoms with Crippen molar-refractivity contribution in [2.45, 2.75) is 60.9 Å². The highest BCUT2D eigenvalue weighted by atomic mass is 32.2. The molecule has 0 aromatic heterocycles. The van der Waals surface area contributed by atoms with E-state index in [0.717, 1.165) is 21.2 Å². The van der Waals surface area contributed by atoms with Crippen LogP contribution in [0.3, 0.4) is 0 Å². The van der Waals surface area contributed by atoms with Gasteiger partial charge < -0.3 is 25.2 Å². The van der Waals surface area contributed by atoms with Crippen LogP contribution in [0.4, 0.5) is 11.4 Å². The first-order valence-corrected chi connectivity index (χ1v) is 15.1. The van der Waals surface area contributed by atoms with Crippen molar-refractivity contribution in [2.24, 2.45) is 5.92 Å². The SMILES string of the molecule is CC(C)C[C@H](N[C@H]1CCOC1O)C(=O)NC(=O)[C@@H](NC(=O)COc1ccc2c(c1)Nc1ccccc1S2)c1ccccc1. The van der Waals surface area contributed by atoms with E-state index in [9.17, 15) is 19.5 Å². The number of anilines is 2. The third kappa shape index (κ3) is 7.94. The Morgan fingerprint density at radius 1 is 1.00 bits per heavy atom. The van der Waals surface area contributed by atoms with Crippen LogP contribution in [0.15, 0.2) is 82.6 Å². The van der Waals surface area contributed by atoms with Crippen molar-refractivity contribution in [1.82, 2.24) is 16.0 Å². The van der Waals surface area contributed by atoms with E-state index in [1.807, 2.05) is 50.2 Å². The number of ether oxygens (including phenoxy) is 2. The van der Waals surface area contributed by atoms with Crippen molar-refractivity contribution in [2.75, 3.05) is 18.5 Å². The largest absolute Gasteiger partial charge is 0.484 e. The summed E-state index contributed by atoms with van der Waals surface area (Å²) in [6.45, 7) is 3.99. The lowest BCUT2D eigenvalue weighted by atomic mass is 10.0. The molecule has 226 valence electrons. The summed E-state index contributed by atoms with van der Waals surface area (Å²) in [7, 11) is 0. The van der Waals surface area contributed by atoms with Crippen molar-refractivity contribution in [3.8, 4) is 5.75 Å². The first-order chi connectivity index (χ1) is 20.8. The van der Waals surface area contributed by atoms with Gasteiger partial charge in [-0.25, -0.2) is 0 Å². The van der Waals surface area contributed by atoms with Crippen LogP contribution in [0.1, 0.15) is 38.3 Å². The van der Waals surface area contributed by atoms with Gasteiger partial charge in [0, 0.05) is 15.9 Å². The van der Waals surface area contributed by atoms with E-state index < -0.39 is 42.1 Å². The lowest BCUT2D eigenvalue weighted by Crippen LogP contribution is -2.54. The van der Waals surface area contributed by atoms with Gasteiger partial charge in [0.1, 0.15) is 11.8 Å². The van der Waals surface area contributed by atoms with Crippen LogP contribution in [0.2, 0.25) is 0 Å². The van der Waals surface area contributed by atoms with Crippen molar-refractivity contribution >= 4 is 40.9 Å². The number of para-hydroxylation sites is 1. The zero-order valence-electron chi connectivity index (χ0n) is 24.0. The minimum atomic E-state index is -1.13. The number of carbonyl (C=O) groups is 3. The number of amides is 3. The molecule has 1 saturated heterocycles. The molecule has 5 N–H and O–H groups in total. The fraction of sp³-hybridized carbons (Fsp3) is 0.344. The highest BCUT2D eigenvalue weighted by Gasteiger charge is 2.33. The molecule has 10 nitrogen and oxygen atoms in total. The van der Waals surface area contributed by atoms with E-state index in [4.69, 9.17) is 9.47 Å². The van der Waals surface area contributed by atoms with Crippen LogP contribution in [-0.4, -0.2) is 54.4 Å². The highest BCUT2D eigenvalue weighted by molar-refractivity contribution is 7.99. The highest BCUT2D eigenvalue weighted by Crippen LogP contribution is 2.45. The molecule has 0 spiro atoms. The van der Waals surface area contributed by atoms with Gasteiger partial charge in [0.15, 0.2) is 12.9 Å². The third-order valence-corrected chi connectivity index (χ3v) is 8.30. The zero-order chi connectivity index (χ0) is 30.3. The van der Waals surface area contributed by atoms with E-state index in [0.29, 0.717) is 30.8 Å². The Labute approximate surface area is 254 Å². The lowest BCUT2D eigenvalue weighted by molar-refractivity contribution is -0.136. The second-order valence-corrected chi connectivity index (χ2v) is 12.0. The van der Waals surface area contributed by atoms with Crippen molar-refractivity contribution in [1.29, 1.82) is 0 Å². The minimum Gasteiger partial charge on any atom is -0.484 e. The molecular formula is C32H36N4O6S. The molecule has 0 saturated carbocycles. The maximum absolute atomic E-state index is 13.4. The molecule has 0 aliphatic carbocycles. The molecule has 3 aromatic rings. The second kappa shape index (κ2) is 14.0. The number of carbonyl (C=O) groups excluding carboxylic acids is 3. The maximum Gasteiger partial charge on any atom is 0.258 e. The lowest BCUT2D eigenvalue weighted by Gasteiger charge is -2.26. The predicted octanol–water partition coefficient (Wildman–Crippen LogP) is 3.89. The molecule has 5 rings (SSSR count). The molecule has 1 fully saturated rings. The van der Waals surface area contributed by atoms with Crippen molar-refractivity contribution in [3.05, 3.63) is 78.4 Å². The average Bonchev–Trinajstić information content (AvgIpc) is 3.41. The molecular weight excluding hydrogens is 568 g/mol. The topological polar surface area (TPSA) is 138 Å². The van der Waals surface area contributed by atoms with E-state index in [2.05, 4.69) is 21.3 Å². The molecule has 1 unspecified atom stereocenters. The Bertz CT molecular complexity index is 1450. The third-order valence-electron chi connectivity index (χ3n) is 7.14. The molecule has 4 atom stereocenters. The Hall–Kier alpha value is -3.90. The van der Waals surface area contributed by atoms with E-state index in [-0.39, 0.29) is 12.5 Å². The molecule has 3 aromatic carbocycles. The van der Waals surface area contributed by atoms with Crippen LogP contribution in [0.25, 0.3) is 0 Å². The summed E-state index contributed by atoms with van der Waals surface area (Å²) in [5.41, 5.74) is 2.39. The first kappa shape index (κ1) is 30.6. The maximum atomic E-state index is 13.4. The second-order valence-electron chi connectivity index (χ2n) is 10.9. The fourth-order valence-electron chi connectivity index (χ4n) is 5.01. The number of hydrogen-bond acceptors (Lipinski definition) is 9. The van der Waals surface area contributed by atoms with Crippen LogP contribution < -0.4 is 26.0 Å². The smallest absolute Gasteiger partial charge is 0.258 e. The van der Waals surface area contributed by atoms with Gasteiger partial charge in [0.2, 0.25) is 5.91 Å². The average molecular weight is 605 g/mol. The Morgan fingerprint density at radius 2 is 1.74 bits per heavy atom. The van der Waals surface area contributed by atoms with Gasteiger partial charge in [-0.1, -0.05) is 68.1 Å². The van der Waals surface area contributed by atoms with Crippen LogP contribution in [0, 0.1) is 5.92 Å². The standard InChI is InChI=1S/C32H36N4O6S/c1-19(2)16-25(34-23-14-15-41-32(23)40)30(38)36-31(39)29(20-8-4-3-5-9-20)35-28(37)18-42-21-12-13-27-24(17-21)33-22-10-6-7-11-26(22)43-27/h3-13,17,19,23,25,29,32-34,40H,14-16,18H2,1-2H3,(H,35,37)(H,36,38,39)/t23-,25-,29-,32?/m0/s1. The summed E-state index contributed by atoms with van der Waals surface area (Å²) < 4.78 is 11.0. The summed E-state index contributed by atoms with van der Waals surface area (Å²) in [5.74, 6) is -1.09. The molecule has 0 bridgehead atoms. The number of aliphatic hydroxyl groups is 1. The number of hydrogen-bond donors (Lipinski definition) is 5. The van der Waals surface area contributed by atoms with Crippen LogP contribution >= 0.6 is 11.8 Å². The Kier molecular flexibility index (Phi) is 9.98. The summed E-state index contributed by atoms with van der Waals surface area (Å²) in [5, 5.41) is 21.8. The summed E-state index contributed by atoms with van der Waals surface area (Å²) in [4.78, 5) is 41.8.